The summed E-state index contributed by atoms with van der Waals surface area (Å²) in [5, 5.41) is 2.85. The third-order valence-electron chi connectivity index (χ3n) is 2.15. The van der Waals surface area contributed by atoms with Crippen molar-refractivity contribution in [2.75, 3.05) is 6.54 Å². The van der Waals surface area contributed by atoms with Gasteiger partial charge in [-0.15, -0.1) is 0 Å². The lowest BCUT2D eigenvalue weighted by molar-refractivity contribution is -0.121. The highest BCUT2D eigenvalue weighted by atomic mass is 16.1. The topological polar surface area (TPSA) is 55.1 Å². The van der Waals surface area contributed by atoms with Gasteiger partial charge in [-0.3, -0.25) is 4.79 Å². The van der Waals surface area contributed by atoms with Crippen molar-refractivity contribution in [1.29, 1.82) is 0 Å². The van der Waals surface area contributed by atoms with Crippen LogP contribution in [0.1, 0.15) is 19.8 Å². The molecule has 1 aliphatic carbocycles. The van der Waals surface area contributed by atoms with E-state index >= 15 is 0 Å². The highest BCUT2D eigenvalue weighted by molar-refractivity contribution is 5.78. The Balaban J connectivity index is 2.19. The third kappa shape index (κ3) is 1.48. The molecule has 58 valence electrons. The zero-order valence-electron chi connectivity index (χ0n) is 6.26. The SMILES string of the molecule is CC1CCC1NC(=O)CN. The zero-order chi connectivity index (χ0) is 7.56. The van der Waals surface area contributed by atoms with Crippen LogP contribution in [-0.4, -0.2) is 18.5 Å². The monoisotopic (exact) mass is 142 g/mol. The fourth-order valence-electron chi connectivity index (χ4n) is 1.15. The van der Waals surface area contributed by atoms with E-state index in [9.17, 15) is 4.79 Å². The normalized spacial score (nSPS) is 31.0. The number of hydrogen-bond acceptors (Lipinski definition) is 2. The number of carbonyl (C=O) groups excluding carboxylic acids is 1. The van der Waals surface area contributed by atoms with E-state index in [-0.39, 0.29) is 12.5 Å². The van der Waals surface area contributed by atoms with Crippen molar-refractivity contribution in [2.24, 2.45) is 11.7 Å². The number of hydrogen-bond donors (Lipinski definition) is 2. The minimum atomic E-state index is -0.0310. The van der Waals surface area contributed by atoms with Gasteiger partial charge >= 0.3 is 0 Å². The van der Waals surface area contributed by atoms with E-state index in [0.717, 1.165) is 6.42 Å². The van der Waals surface area contributed by atoms with Gasteiger partial charge in [0.15, 0.2) is 0 Å². The van der Waals surface area contributed by atoms with Gasteiger partial charge in [0.25, 0.3) is 0 Å². The van der Waals surface area contributed by atoms with Crippen molar-refractivity contribution >= 4 is 5.91 Å². The Labute approximate surface area is 61.0 Å². The molecule has 3 N–H and O–H groups in total. The maximum Gasteiger partial charge on any atom is 0.233 e. The molecule has 0 saturated heterocycles. The maximum absolute atomic E-state index is 10.7. The highest BCUT2D eigenvalue weighted by Gasteiger charge is 2.27. The van der Waals surface area contributed by atoms with E-state index in [2.05, 4.69) is 12.2 Å². The molecule has 2 atom stereocenters. The van der Waals surface area contributed by atoms with Crippen LogP contribution in [0.2, 0.25) is 0 Å². The molecule has 1 saturated carbocycles. The molecule has 0 bridgehead atoms. The molecule has 0 aliphatic heterocycles. The number of rotatable bonds is 2. The third-order valence-corrected chi connectivity index (χ3v) is 2.15. The molecule has 0 heterocycles. The van der Waals surface area contributed by atoms with Crippen molar-refractivity contribution in [3.63, 3.8) is 0 Å². The minimum absolute atomic E-state index is 0.0310. The Hall–Kier alpha value is -0.570. The van der Waals surface area contributed by atoms with Crippen LogP contribution in [-0.2, 0) is 4.79 Å². The summed E-state index contributed by atoms with van der Waals surface area (Å²) in [6.45, 7) is 2.26. The largest absolute Gasteiger partial charge is 0.352 e. The lowest BCUT2D eigenvalue weighted by Crippen LogP contribution is -2.47. The van der Waals surface area contributed by atoms with Gasteiger partial charge in [-0.25, -0.2) is 0 Å². The van der Waals surface area contributed by atoms with Gasteiger partial charge in [0.2, 0.25) is 5.91 Å². The van der Waals surface area contributed by atoms with E-state index in [0.29, 0.717) is 12.0 Å². The molecule has 1 rings (SSSR count). The lowest BCUT2D eigenvalue weighted by Gasteiger charge is -2.34. The van der Waals surface area contributed by atoms with Crippen LogP contribution in [0.5, 0.6) is 0 Å². The van der Waals surface area contributed by atoms with Gasteiger partial charge in [-0.05, 0) is 18.8 Å². The molecular weight excluding hydrogens is 128 g/mol. The summed E-state index contributed by atoms with van der Waals surface area (Å²) in [6.07, 6.45) is 2.35. The van der Waals surface area contributed by atoms with Crippen molar-refractivity contribution in [1.82, 2.24) is 5.32 Å². The van der Waals surface area contributed by atoms with Crippen LogP contribution in [0.3, 0.4) is 0 Å². The molecule has 10 heavy (non-hydrogen) atoms. The molecule has 3 heteroatoms. The molecule has 0 aromatic carbocycles. The van der Waals surface area contributed by atoms with Crippen LogP contribution in [0, 0.1) is 5.92 Å². The lowest BCUT2D eigenvalue weighted by atomic mass is 9.81. The van der Waals surface area contributed by atoms with Gasteiger partial charge in [0.05, 0.1) is 6.54 Å². The molecule has 1 aliphatic rings. The van der Waals surface area contributed by atoms with Crippen LogP contribution < -0.4 is 11.1 Å². The first-order chi connectivity index (χ1) is 4.74. The predicted molar refractivity (Wildman–Crippen MR) is 39.4 cm³/mol. The fourth-order valence-corrected chi connectivity index (χ4v) is 1.15. The first kappa shape index (κ1) is 7.54. The second kappa shape index (κ2) is 3.01. The Morgan fingerprint density at radius 2 is 2.40 bits per heavy atom. The predicted octanol–water partition coefficient (Wildman–Crippen LogP) is -0.140. The Morgan fingerprint density at radius 3 is 2.70 bits per heavy atom. The van der Waals surface area contributed by atoms with Crippen LogP contribution in [0.15, 0.2) is 0 Å². The number of nitrogens with two attached hydrogens (primary N) is 1. The quantitative estimate of drug-likeness (QED) is 0.564. The van der Waals surface area contributed by atoms with Gasteiger partial charge in [0.1, 0.15) is 0 Å². The van der Waals surface area contributed by atoms with E-state index in [1.165, 1.54) is 6.42 Å². The number of amides is 1. The minimum Gasteiger partial charge on any atom is -0.352 e. The molecule has 0 aromatic rings. The molecule has 0 radical (unpaired) electrons. The average Bonchev–Trinajstić information content (AvgIpc) is 1.96. The average molecular weight is 142 g/mol. The van der Waals surface area contributed by atoms with Crippen molar-refractivity contribution in [3.8, 4) is 0 Å². The summed E-state index contributed by atoms with van der Waals surface area (Å²) < 4.78 is 0. The second-order valence-corrected chi connectivity index (χ2v) is 2.93. The number of carbonyl (C=O) groups is 1. The standard InChI is InChI=1S/C7H14N2O/c1-5-2-3-6(5)9-7(10)4-8/h5-6H,2-4,8H2,1H3,(H,9,10). The van der Waals surface area contributed by atoms with Gasteiger partial charge in [0, 0.05) is 6.04 Å². The van der Waals surface area contributed by atoms with Crippen LogP contribution in [0.25, 0.3) is 0 Å². The Morgan fingerprint density at radius 1 is 1.70 bits per heavy atom. The second-order valence-electron chi connectivity index (χ2n) is 2.93. The van der Waals surface area contributed by atoms with Gasteiger partial charge in [-0.1, -0.05) is 6.92 Å². The number of nitrogens with one attached hydrogen (secondary N) is 1. The molecule has 0 spiro atoms. The summed E-state index contributed by atoms with van der Waals surface area (Å²) in [6, 6.07) is 0.399. The smallest absolute Gasteiger partial charge is 0.233 e. The zero-order valence-corrected chi connectivity index (χ0v) is 6.26. The van der Waals surface area contributed by atoms with Crippen LogP contribution >= 0.6 is 0 Å². The van der Waals surface area contributed by atoms with Gasteiger partial charge in [-0.2, -0.15) is 0 Å². The summed E-state index contributed by atoms with van der Waals surface area (Å²) >= 11 is 0. The summed E-state index contributed by atoms with van der Waals surface area (Å²) in [5.74, 6) is 0.618. The molecule has 3 nitrogen and oxygen atoms in total. The van der Waals surface area contributed by atoms with Gasteiger partial charge < -0.3 is 11.1 Å². The molecular formula is C7H14N2O. The molecule has 1 amide bonds. The first-order valence-electron chi connectivity index (χ1n) is 3.73. The highest BCUT2D eigenvalue weighted by Crippen LogP contribution is 2.25. The van der Waals surface area contributed by atoms with Crippen molar-refractivity contribution in [2.45, 2.75) is 25.8 Å². The van der Waals surface area contributed by atoms with E-state index in [4.69, 9.17) is 5.73 Å². The fraction of sp³-hybridized carbons (Fsp3) is 0.857. The maximum atomic E-state index is 10.7. The van der Waals surface area contributed by atoms with E-state index < -0.39 is 0 Å². The first-order valence-corrected chi connectivity index (χ1v) is 3.73. The van der Waals surface area contributed by atoms with Crippen molar-refractivity contribution in [3.05, 3.63) is 0 Å². The van der Waals surface area contributed by atoms with Crippen LogP contribution in [0.4, 0.5) is 0 Å². The summed E-state index contributed by atoms with van der Waals surface area (Å²) in [5.41, 5.74) is 5.13. The molecule has 2 unspecified atom stereocenters. The summed E-state index contributed by atoms with van der Waals surface area (Å²) in [4.78, 5) is 10.7. The molecule has 0 aromatic heterocycles. The van der Waals surface area contributed by atoms with Crippen molar-refractivity contribution < 1.29 is 4.79 Å². The Bertz CT molecular complexity index is 136. The molecule has 1 fully saturated rings. The summed E-state index contributed by atoms with van der Waals surface area (Å²) in [7, 11) is 0. The van der Waals surface area contributed by atoms with E-state index in [1.807, 2.05) is 0 Å². The van der Waals surface area contributed by atoms with E-state index in [1.54, 1.807) is 0 Å². The Kier molecular flexibility index (Phi) is 2.27.